The topological polar surface area (TPSA) is 46.2 Å². The summed E-state index contributed by atoms with van der Waals surface area (Å²) in [6.07, 6.45) is 6.12. The third-order valence-corrected chi connectivity index (χ3v) is 3.82. The molecule has 0 aromatic carbocycles. The number of aromatic nitrogens is 2. The number of aryl methyl sites for hydroxylation is 2. The lowest BCUT2D eigenvalue weighted by Crippen LogP contribution is -2.23. The van der Waals surface area contributed by atoms with E-state index in [0.717, 1.165) is 18.8 Å². The van der Waals surface area contributed by atoms with E-state index in [4.69, 9.17) is 4.42 Å². The Bertz CT molecular complexity index is 569. The van der Waals surface area contributed by atoms with Crippen LogP contribution in [0.15, 0.2) is 23.0 Å². The van der Waals surface area contributed by atoms with Crippen molar-refractivity contribution >= 4 is 5.82 Å². The standard InChI is InChI=1S/C15H22N4O/c1-11-14(8-16-13-4-5-13)15(19(3)17-11)18(2)9-12-6-7-20-10-12/h6-7,10,13,16H,4-5,8-9H2,1-3H3. The maximum atomic E-state index is 5.14. The predicted molar refractivity (Wildman–Crippen MR) is 78.6 cm³/mol. The zero-order valence-electron chi connectivity index (χ0n) is 12.4. The summed E-state index contributed by atoms with van der Waals surface area (Å²) in [5.41, 5.74) is 3.58. The molecule has 5 nitrogen and oxygen atoms in total. The number of nitrogens with zero attached hydrogens (tertiary/aromatic N) is 3. The first kappa shape index (κ1) is 13.2. The van der Waals surface area contributed by atoms with Crippen LogP contribution in [0.25, 0.3) is 0 Å². The molecule has 108 valence electrons. The van der Waals surface area contributed by atoms with Crippen LogP contribution in [0.1, 0.15) is 29.7 Å². The molecule has 3 rings (SSSR count). The van der Waals surface area contributed by atoms with Crippen LogP contribution in [0, 0.1) is 6.92 Å². The minimum atomic E-state index is 0.710. The van der Waals surface area contributed by atoms with Crippen molar-refractivity contribution in [1.29, 1.82) is 0 Å². The Morgan fingerprint density at radius 2 is 2.30 bits per heavy atom. The summed E-state index contributed by atoms with van der Waals surface area (Å²) in [6, 6.07) is 2.71. The average Bonchev–Trinajstić information content (AvgIpc) is 3.00. The van der Waals surface area contributed by atoms with E-state index < -0.39 is 0 Å². The van der Waals surface area contributed by atoms with Gasteiger partial charge in [-0.15, -0.1) is 0 Å². The number of furan rings is 1. The molecule has 2 heterocycles. The highest BCUT2D eigenvalue weighted by Gasteiger charge is 2.23. The molecule has 0 aliphatic heterocycles. The van der Waals surface area contributed by atoms with Crippen LogP contribution in [0.4, 0.5) is 5.82 Å². The summed E-state index contributed by atoms with van der Waals surface area (Å²) in [4.78, 5) is 2.23. The second kappa shape index (κ2) is 5.32. The van der Waals surface area contributed by atoms with Crippen molar-refractivity contribution in [3.63, 3.8) is 0 Å². The van der Waals surface area contributed by atoms with Crippen molar-refractivity contribution in [2.75, 3.05) is 11.9 Å². The first-order valence-electron chi connectivity index (χ1n) is 7.13. The lowest BCUT2D eigenvalue weighted by atomic mass is 10.2. The highest BCUT2D eigenvalue weighted by Crippen LogP contribution is 2.26. The third-order valence-electron chi connectivity index (χ3n) is 3.82. The largest absolute Gasteiger partial charge is 0.472 e. The van der Waals surface area contributed by atoms with Gasteiger partial charge in [-0.2, -0.15) is 5.10 Å². The quantitative estimate of drug-likeness (QED) is 0.877. The molecule has 1 fully saturated rings. The van der Waals surface area contributed by atoms with Gasteiger partial charge < -0.3 is 14.6 Å². The Labute approximate surface area is 119 Å². The van der Waals surface area contributed by atoms with E-state index in [1.165, 1.54) is 29.8 Å². The van der Waals surface area contributed by atoms with Crippen molar-refractivity contribution in [1.82, 2.24) is 15.1 Å². The average molecular weight is 274 g/mol. The number of nitrogens with one attached hydrogen (secondary N) is 1. The van der Waals surface area contributed by atoms with E-state index in [1.54, 1.807) is 12.5 Å². The van der Waals surface area contributed by atoms with Crippen molar-refractivity contribution in [2.24, 2.45) is 7.05 Å². The summed E-state index contributed by atoms with van der Waals surface area (Å²) < 4.78 is 7.11. The van der Waals surface area contributed by atoms with Crippen molar-refractivity contribution in [3.8, 4) is 0 Å². The molecule has 0 spiro atoms. The first-order chi connectivity index (χ1) is 9.65. The maximum Gasteiger partial charge on any atom is 0.131 e. The summed E-state index contributed by atoms with van der Waals surface area (Å²) in [6.45, 7) is 3.81. The minimum absolute atomic E-state index is 0.710. The van der Waals surface area contributed by atoms with Crippen LogP contribution in [-0.4, -0.2) is 22.9 Å². The molecule has 5 heteroatoms. The SMILES string of the molecule is Cc1nn(C)c(N(C)Cc2ccoc2)c1CNC1CC1. The van der Waals surface area contributed by atoms with Crippen LogP contribution in [0.3, 0.4) is 0 Å². The third kappa shape index (κ3) is 2.72. The van der Waals surface area contributed by atoms with Gasteiger partial charge in [0.05, 0.1) is 18.2 Å². The lowest BCUT2D eigenvalue weighted by Gasteiger charge is -2.20. The molecule has 0 unspecified atom stereocenters. The summed E-state index contributed by atoms with van der Waals surface area (Å²) in [5, 5.41) is 8.15. The molecular weight excluding hydrogens is 252 g/mol. The number of hydrogen-bond acceptors (Lipinski definition) is 4. The highest BCUT2D eigenvalue weighted by molar-refractivity contribution is 5.50. The molecule has 2 aromatic rings. The predicted octanol–water partition coefficient (Wildman–Crippen LogP) is 2.21. The Balaban J connectivity index is 1.78. The van der Waals surface area contributed by atoms with E-state index >= 15 is 0 Å². The van der Waals surface area contributed by atoms with Gasteiger partial charge in [0.15, 0.2) is 0 Å². The molecule has 0 bridgehead atoms. The molecule has 2 aromatic heterocycles. The van der Waals surface area contributed by atoms with Gasteiger partial charge in [0, 0.05) is 44.4 Å². The van der Waals surface area contributed by atoms with Crippen molar-refractivity contribution in [3.05, 3.63) is 35.4 Å². The van der Waals surface area contributed by atoms with Gasteiger partial charge in [0.1, 0.15) is 5.82 Å². The highest BCUT2D eigenvalue weighted by atomic mass is 16.3. The smallest absolute Gasteiger partial charge is 0.131 e. The molecule has 0 radical (unpaired) electrons. The van der Waals surface area contributed by atoms with Crippen LogP contribution in [-0.2, 0) is 20.1 Å². The van der Waals surface area contributed by atoms with Gasteiger partial charge in [-0.3, -0.25) is 4.68 Å². The number of hydrogen-bond donors (Lipinski definition) is 1. The molecular formula is C15H22N4O. The Hall–Kier alpha value is -1.75. The number of rotatable bonds is 6. The molecule has 1 saturated carbocycles. The monoisotopic (exact) mass is 274 g/mol. The zero-order valence-corrected chi connectivity index (χ0v) is 12.4. The van der Waals surface area contributed by atoms with Crippen LogP contribution in [0.2, 0.25) is 0 Å². The van der Waals surface area contributed by atoms with Crippen LogP contribution >= 0.6 is 0 Å². The van der Waals surface area contributed by atoms with Crippen molar-refractivity contribution < 1.29 is 4.42 Å². The minimum Gasteiger partial charge on any atom is -0.472 e. The van der Waals surface area contributed by atoms with E-state index in [9.17, 15) is 0 Å². The van der Waals surface area contributed by atoms with E-state index in [0.29, 0.717) is 6.04 Å². The molecule has 1 aliphatic carbocycles. The molecule has 20 heavy (non-hydrogen) atoms. The fourth-order valence-corrected chi connectivity index (χ4v) is 2.64. The lowest BCUT2D eigenvalue weighted by molar-refractivity contribution is 0.563. The summed E-state index contributed by atoms with van der Waals surface area (Å²) in [7, 11) is 4.11. The Kier molecular flexibility index (Phi) is 3.53. The molecule has 0 saturated heterocycles. The van der Waals surface area contributed by atoms with Gasteiger partial charge in [0.25, 0.3) is 0 Å². The second-order valence-corrected chi connectivity index (χ2v) is 5.65. The van der Waals surface area contributed by atoms with Gasteiger partial charge >= 0.3 is 0 Å². The number of anilines is 1. The maximum absolute atomic E-state index is 5.14. The molecule has 0 atom stereocenters. The van der Waals surface area contributed by atoms with E-state index in [2.05, 4.69) is 29.3 Å². The van der Waals surface area contributed by atoms with E-state index in [1.807, 2.05) is 17.8 Å². The Morgan fingerprint density at radius 3 is 2.95 bits per heavy atom. The van der Waals surface area contributed by atoms with Crippen molar-refractivity contribution in [2.45, 2.75) is 38.9 Å². The summed E-state index contributed by atoms with van der Waals surface area (Å²) >= 11 is 0. The van der Waals surface area contributed by atoms with Gasteiger partial charge in [-0.25, -0.2) is 0 Å². The second-order valence-electron chi connectivity index (χ2n) is 5.65. The van der Waals surface area contributed by atoms with Crippen LogP contribution in [0.5, 0.6) is 0 Å². The van der Waals surface area contributed by atoms with Gasteiger partial charge in [-0.05, 0) is 25.8 Å². The molecule has 1 aliphatic rings. The molecule has 0 amide bonds. The van der Waals surface area contributed by atoms with E-state index in [-0.39, 0.29) is 0 Å². The van der Waals surface area contributed by atoms with Gasteiger partial charge in [-0.1, -0.05) is 0 Å². The first-order valence-corrected chi connectivity index (χ1v) is 7.13. The molecule has 1 N–H and O–H groups in total. The summed E-state index contributed by atoms with van der Waals surface area (Å²) in [5.74, 6) is 1.18. The zero-order chi connectivity index (χ0) is 14.1. The van der Waals surface area contributed by atoms with Crippen LogP contribution < -0.4 is 10.2 Å². The fourth-order valence-electron chi connectivity index (χ4n) is 2.64. The normalized spacial score (nSPS) is 14.8. The fraction of sp³-hybridized carbons (Fsp3) is 0.533. The Morgan fingerprint density at radius 1 is 1.50 bits per heavy atom. The van der Waals surface area contributed by atoms with Gasteiger partial charge in [0.2, 0.25) is 0 Å².